The Kier molecular flexibility index (Phi) is 4.34. The molecule has 0 aliphatic heterocycles. The third-order valence-corrected chi connectivity index (χ3v) is 4.48. The fourth-order valence-electron chi connectivity index (χ4n) is 2.30. The maximum atomic E-state index is 12.2. The van der Waals surface area contributed by atoms with Gasteiger partial charge in [0.2, 0.25) is 5.71 Å². The predicted octanol–water partition coefficient (Wildman–Crippen LogP) is 1.19. The summed E-state index contributed by atoms with van der Waals surface area (Å²) in [6.45, 7) is 4.25. The van der Waals surface area contributed by atoms with Crippen LogP contribution in [0.25, 0.3) is 11.1 Å². The van der Waals surface area contributed by atoms with Crippen LogP contribution < -0.4 is 21.4 Å². The van der Waals surface area contributed by atoms with Crippen molar-refractivity contribution in [3.05, 3.63) is 48.7 Å². The van der Waals surface area contributed by atoms with Crippen molar-refractivity contribution < 1.29 is 9.15 Å². The molecule has 0 saturated heterocycles. The third-order valence-electron chi connectivity index (χ3n) is 3.52. The molecular formula is C15H15BN2O4S. The van der Waals surface area contributed by atoms with Crippen molar-refractivity contribution in [1.82, 2.24) is 9.97 Å². The number of fused-ring (bicyclic) bond motifs is 1. The van der Waals surface area contributed by atoms with Gasteiger partial charge >= 0.3 is 5.63 Å². The number of nitrogens with one attached hydrogen (secondary N) is 1. The van der Waals surface area contributed by atoms with E-state index in [-0.39, 0.29) is 17.3 Å². The summed E-state index contributed by atoms with van der Waals surface area (Å²) in [6, 6.07) is 3.42. The summed E-state index contributed by atoms with van der Waals surface area (Å²) in [5.41, 5.74) is 0.971. The molecule has 3 aromatic rings. The topological polar surface area (TPSA) is 85.2 Å². The van der Waals surface area contributed by atoms with Gasteiger partial charge in [-0.25, -0.2) is 4.79 Å². The molecule has 0 saturated carbocycles. The van der Waals surface area contributed by atoms with E-state index in [0.717, 1.165) is 12.2 Å². The minimum atomic E-state index is -0.524. The molecule has 0 atom stereocenters. The quantitative estimate of drug-likeness (QED) is 0.710. The minimum absolute atomic E-state index is 0.00790. The van der Waals surface area contributed by atoms with Crippen molar-refractivity contribution in [2.24, 2.45) is 0 Å². The predicted molar refractivity (Wildman–Crippen MR) is 91.6 cm³/mol. The van der Waals surface area contributed by atoms with Gasteiger partial charge in [-0.05, 0) is 17.4 Å². The van der Waals surface area contributed by atoms with Gasteiger partial charge in [0.25, 0.3) is 11.6 Å². The van der Waals surface area contributed by atoms with Crippen LogP contribution in [0, 0.1) is 0 Å². The highest BCUT2D eigenvalue weighted by Crippen LogP contribution is 2.15. The molecule has 0 aliphatic rings. The van der Waals surface area contributed by atoms with Crippen molar-refractivity contribution in [3.63, 3.8) is 0 Å². The number of hydrogen-bond acceptors (Lipinski definition) is 6. The summed E-state index contributed by atoms with van der Waals surface area (Å²) in [5, 5.41) is 2.37. The van der Waals surface area contributed by atoms with Crippen LogP contribution in [0.2, 0.25) is 6.82 Å². The molecule has 1 N–H and O–H groups in total. The first-order chi connectivity index (χ1) is 11.1. The first-order valence-electron chi connectivity index (χ1n) is 7.36. The summed E-state index contributed by atoms with van der Waals surface area (Å²) in [7, 11) is 0.965. The van der Waals surface area contributed by atoms with E-state index in [1.54, 1.807) is 11.3 Å². The van der Waals surface area contributed by atoms with Gasteiger partial charge in [-0.3, -0.25) is 9.78 Å². The minimum Gasteiger partial charge on any atom is -0.459 e. The van der Waals surface area contributed by atoms with Crippen LogP contribution in [0.3, 0.4) is 0 Å². The zero-order valence-corrected chi connectivity index (χ0v) is 13.7. The Morgan fingerprint density at radius 2 is 2.22 bits per heavy atom. The second kappa shape index (κ2) is 6.41. The molecule has 118 valence electrons. The van der Waals surface area contributed by atoms with E-state index >= 15 is 0 Å². The molecule has 0 bridgehead atoms. The van der Waals surface area contributed by atoms with Crippen molar-refractivity contribution in [1.29, 1.82) is 0 Å². The van der Waals surface area contributed by atoms with Crippen LogP contribution in [-0.2, 0) is 13.0 Å². The van der Waals surface area contributed by atoms with Crippen molar-refractivity contribution in [2.75, 3.05) is 0 Å². The van der Waals surface area contributed by atoms with E-state index in [2.05, 4.69) is 28.2 Å². The maximum absolute atomic E-state index is 12.2. The van der Waals surface area contributed by atoms with Crippen LogP contribution in [-0.4, -0.2) is 17.2 Å². The van der Waals surface area contributed by atoms with Gasteiger partial charge in [-0.2, -0.15) is 4.98 Å². The van der Waals surface area contributed by atoms with Gasteiger partial charge in [0.1, 0.15) is 12.0 Å². The lowest BCUT2D eigenvalue weighted by molar-refractivity contribution is 0.283. The average molecular weight is 330 g/mol. The van der Waals surface area contributed by atoms with Gasteiger partial charge < -0.3 is 9.15 Å². The highest BCUT2D eigenvalue weighted by atomic mass is 32.1. The Labute approximate surface area is 136 Å². The zero-order valence-electron chi connectivity index (χ0n) is 12.8. The average Bonchev–Trinajstić information content (AvgIpc) is 2.99. The van der Waals surface area contributed by atoms with E-state index in [1.807, 2.05) is 6.92 Å². The van der Waals surface area contributed by atoms with E-state index in [1.165, 1.54) is 11.5 Å². The smallest absolute Gasteiger partial charge is 0.337 e. The molecule has 6 nitrogen and oxygen atoms in total. The molecule has 0 spiro atoms. The lowest BCUT2D eigenvalue weighted by Gasteiger charge is -2.05. The molecule has 3 rings (SSSR count). The van der Waals surface area contributed by atoms with Gasteiger partial charge in [0.15, 0.2) is 7.28 Å². The number of hydrogen-bond donors (Lipinski definition) is 1. The van der Waals surface area contributed by atoms with Crippen molar-refractivity contribution in [3.8, 4) is 6.01 Å². The fraction of sp³-hybridized carbons (Fsp3) is 0.267. The first-order valence-corrected chi connectivity index (χ1v) is 8.24. The standard InChI is InChI=1S/C15H15BN2O4S/c1-3-8-4-11(19)22-14-12(8)13(20)17-15(18-14)21-6-10-5-9(16-2)7-23-10/h4-5,7,16H,3,6H2,1-2H3,(H,17,18,20). The van der Waals surface area contributed by atoms with E-state index in [9.17, 15) is 9.59 Å². The number of nitrogens with zero attached hydrogens (tertiary/aromatic N) is 1. The molecule has 0 fully saturated rings. The molecular weight excluding hydrogens is 315 g/mol. The Morgan fingerprint density at radius 1 is 1.39 bits per heavy atom. The molecule has 3 heterocycles. The number of thiophene rings is 1. The van der Waals surface area contributed by atoms with Gasteiger partial charge in [-0.1, -0.05) is 25.3 Å². The Balaban J connectivity index is 1.93. The molecule has 3 aromatic heterocycles. The largest absolute Gasteiger partial charge is 0.459 e. The molecule has 23 heavy (non-hydrogen) atoms. The van der Waals surface area contributed by atoms with Crippen LogP contribution in [0.4, 0.5) is 0 Å². The Bertz CT molecular complexity index is 960. The zero-order chi connectivity index (χ0) is 16.4. The number of H-pyrrole nitrogens is 1. The van der Waals surface area contributed by atoms with E-state index in [4.69, 9.17) is 9.15 Å². The number of rotatable bonds is 5. The summed E-state index contributed by atoms with van der Waals surface area (Å²) in [6.07, 6.45) is 0.544. The van der Waals surface area contributed by atoms with Crippen LogP contribution in [0.15, 0.2) is 31.5 Å². The first kappa shape index (κ1) is 15.5. The monoisotopic (exact) mass is 330 g/mol. The number of aryl methyl sites for hydroxylation is 1. The van der Waals surface area contributed by atoms with Crippen LogP contribution in [0.5, 0.6) is 6.01 Å². The molecule has 0 amide bonds. The van der Waals surface area contributed by atoms with Gasteiger partial charge in [-0.15, -0.1) is 11.3 Å². The third kappa shape index (κ3) is 3.21. The van der Waals surface area contributed by atoms with Gasteiger partial charge in [0, 0.05) is 10.9 Å². The summed E-state index contributed by atoms with van der Waals surface area (Å²) in [4.78, 5) is 31.5. The molecule has 0 unspecified atom stereocenters. The maximum Gasteiger partial charge on any atom is 0.337 e. The van der Waals surface area contributed by atoms with Crippen molar-refractivity contribution >= 4 is 35.2 Å². The summed E-state index contributed by atoms with van der Waals surface area (Å²) in [5.74, 6) is 0. The normalized spacial score (nSPS) is 10.9. The van der Waals surface area contributed by atoms with Gasteiger partial charge in [0.05, 0.1) is 0 Å². The highest BCUT2D eigenvalue weighted by Gasteiger charge is 2.12. The van der Waals surface area contributed by atoms with Crippen LogP contribution in [0.1, 0.15) is 17.4 Å². The summed E-state index contributed by atoms with van der Waals surface area (Å²) < 4.78 is 10.6. The number of aromatic amines is 1. The Morgan fingerprint density at radius 3 is 2.91 bits per heavy atom. The molecule has 0 aromatic carbocycles. The fourth-order valence-corrected chi connectivity index (χ4v) is 3.19. The lowest BCUT2D eigenvalue weighted by atomic mass is 9.75. The molecule has 0 radical (unpaired) electrons. The SMILES string of the molecule is CBc1csc(COc2nc3oc(=O)cc(CC)c3c(=O)[nH]2)c1. The van der Waals surface area contributed by atoms with Crippen molar-refractivity contribution in [2.45, 2.75) is 26.8 Å². The molecule has 0 aliphatic carbocycles. The highest BCUT2D eigenvalue weighted by molar-refractivity contribution is 7.11. The van der Waals surface area contributed by atoms with Crippen LogP contribution >= 0.6 is 11.3 Å². The van der Waals surface area contributed by atoms with E-state index < -0.39 is 5.63 Å². The lowest BCUT2D eigenvalue weighted by Crippen LogP contribution is -2.15. The number of ether oxygens (including phenoxy) is 1. The second-order valence-corrected chi connectivity index (χ2v) is 6.05. The summed E-state index contributed by atoms with van der Waals surface area (Å²) >= 11 is 1.59. The van der Waals surface area contributed by atoms with E-state index in [0.29, 0.717) is 24.0 Å². The second-order valence-electron chi connectivity index (χ2n) is 5.06. The number of aromatic nitrogens is 2. The molecule has 8 heteroatoms. The Hall–Kier alpha value is -2.35.